The molecular weight excluding hydrogens is 460 g/mol. The van der Waals surface area contributed by atoms with Crippen molar-refractivity contribution in [2.75, 3.05) is 39.4 Å². The highest BCUT2D eigenvalue weighted by atomic mass is 32.2. The predicted octanol–water partition coefficient (Wildman–Crippen LogP) is 1.39. The van der Waals surface area contributed by atoms with Crippen LogP contribution in [0.15, 0.2) is 47.4 Å². The monoisotopic (exact) mass is 486 g/mol. The largest absolute Gasteiger partial charge is 0.486 e. The molecule has 0 aliphatic carbocycles. The molecule has 2 aliphatic heterocycles. The highest BCUT2D eigenvalue weighted by Gasteiger charge is 2.31. The number of hydrogen-bond donors (Lipinski definition) is 1. The van der Waals surface area contributed by atoms with Crippen LogP contribution in [0.25, 0.3) is 11.0 Å². The molecule has 1 N–H and O–H groups in total. The summed E-state index contributed by atoms with van der Waals surface area (Å²) in [5.41, 5.74) is 1.48. The SMILES string of the molecule is C[C@@H](O)c1nc2ccccc2n1CC(=O)N1CCN(S(=O)(=O)c2ccc3c(c2)OCCO3)CC1. The fraction of sp³-hybridized carbons (Fsp3) is 0.391. The number of piperazine rings is 1. The summed E-state index contributed by atoms with van der Waals surface area (Å²) in [4.78, 5) is 19.3. The predicted molar refractivity (Wildman–Crippen MR) is 123 cm³/mol. The van der Waals surface area contributed by atoms with E-state index in [1.165, 1.54) is 16.4 Å². The Balaban J connectivity index is 1.28. The fourth-order valence-corrected chi connectivity index (χ4v) is 5.76. The van der Waals surface area contributed by atoms with Gasteiger partial charge < -0.3 is 24.0 Å². The molecule has 1 atom stereocenters. The molecule has 0 saturated carbocycles. The molecule has 5 rings (SSSR count). The fourth-order valence-electron chi connectivity index (χ4n) is 4.33. The van der Waals surface area contributed by atoms with E-state index in [0.29, 0.717) is 36.1 Å². The number of fused-ring (bicyclic) bond motifs is 2. The molecule has 1 fully saturated rings. The second-order valence-corrected chi connectivity index (χ2v) is 10.2. The van der Waals surface area contributed by atoms with Crippen molar-refractivity contribution in [3.05, 3.63) is 48.3 Å². The number of aliphatic hydroxyl groups is 1. The van der Waals surface area contributed by atoms with E-state index in [1.54, 1.807) is 22.5 Å². The maximum Gasteiger partial charge on any atom is 0.243 e. The van der Waals surface area contributed by atoms with E-state index in [4.69, 9.17) is 9.47 Å². The van der Waals surface area contributed by atoms with Crippen LogP contribution in [0.5, 0.6) is 11.5 Å². The van der Waals surface area contributed by atoms with Gasteiger partial charge in [-0.05, 0) is 31.2 Å². The Hall–Kier alpha value is -3.15. The normalized spacial score (nSPS) is 17.6. The molecule has 10 nitrogen and oxygen atoms in total. The van der Waals surface area contributed by atoms with E-state index in [0.717, 1.165) is 5.52 Å². The first-order valence-corrected chi connectivity index (χ1v) is 12.6. The van der Waals surface area contributed by atoms with Gasteiger partial charge >= 0.3 is 0 Å². The summed E-state index contributed by atoms with van der Waals surface area (Å²) in [5.74, 6) is 1.22. The minimum absolute atomic E-state index is 0.0235. The van der Waals surface area contributed by atoms with E-state index in [-0.39, 0.29) is 43.5 Å². The lowest BCUT2D eigenvalue weighted by Gasteiger charge is -2.34. The molecule has 3 aromatic rings. The minimum Gasteiger partial charge on any atom is -0.486 e. The van der Waals surface area contributed by atoms with Crippen molar-refractivity contribution in [3.63, 3.8) is 0 Å². The van der Waals surface area contributed by atoms with Gasteiger partial charge in [0.2, 0.25) is 15.9 Å². The first-order valence-electron chi connectivity index (χ1n) is 11.2. The van der Waals surface area contributed by atoms with E-state index in [1.807, 2.05) is 24.3 Å². The molecule has 1 amide bonds. The van der Waals surface area contributed by atoms with Crippen molar-refractivity contribution < 1.29 is 27.8 Å². The van der Waals surface area contributed by atoms with Crippen LogP contribution in [0.4, 0.5) is 0 Å². The summed E-state index contributed by atoms with van der Waals surface area (Å²) in [5, 5.41) is 10.1. The van der Waals surface area contributed by atoms with Crippen molar-refractivity contribution in [1.29, 1.82) is 0 Å². The van der Waals surface area contributed by atoms with Crippen LogP contribution in [0.1, 0.15) is 18.9 Å². The molecule has 0 bridgehead atoms. The van der Waals surface area contributed by atoms with Crippen LogP contribution in [0.3, 0.4) is 0 Å². The number of sulfonamides is 1. The Kier molecular flexibility index (Phi) is 5.92. The van der Waals surface area contributed by atoms with E-state index in [9.17, 15) is 18.3 Å². The average Bonchev–Trinajstić information content (AvgIpc) is 3.22. The number of imidazole rings is 1. The Labute approximate surface area is 197 Å². The van der Waals surface area contributed by atoms with Gasteiger partial charge in [-0.25, -0.2) is 13.4 Å². The van der Waals surface area contributed by atoms with Gasteiger partial charge in [-0.15, -0.1) is 0 Å². The van der Waals surface area contributed by atoms with Crippen LogP contribution >= 0.6 is 0 Å². The van der Waals surface area contributed by atoms with Crippen molar-refractivity contribution in [2.24, 2.45) is 0 Å². The molecule has 11 heteroatoms. The Bertz CT molecular complexity index is 1330. The second kappa shape index (κ2) is 8.90. The molecule has 0 radical (unpaired) electrons. The first-order chi connectivity index (χ1) is 16.3. The number of benzene rings is 2. The van der Waals surface area contributed by atoms with Crippen molar-refractivity contribution in [2.45, 2.75) is 24.5 Å². The number of aromatic nitrogens is 2. The third-order valence-electron chi connectivity index (χ3n) is 6.09. The average molecular weight is 487 g/mol. The number of amides is 1. The van der Waals surface area contributed by atoms with E-state index in [2.05, 4.69) is 4.98 Å². The molecule has 1 aromatic heterocycles. The molecule has 2 aliphatic rings. The van der Waals surface area contributed by atoms with Gasteiger partial charge in [0, 0.05) is 32.2 Å². The van der Waals surface area contributed by atoms with Gasteiger partial charge in [-0.3, -0.25) is 4.79 Å². The first kappa shape index (κ1) is 22.6. The number of rotatable bonds is 5. The van der Waals surface area contributed by atoms with Crippen LogP contribution in [-0.2, 0) is 21.4 Å². The number of ether oxygens (including phenoxy) is 2. The maximum absolute atomic E-state index is 13.2. The summed E-state index contributed by atoms with van der Waals surface area (Å²) < 4.78 is 40.4. The molecular formula is C23H26N4O6S. The summed E-state index contributed by atoms with van der Waals surface area (Å²) >= 11 is 0. The number of para-hydroxylation sites is 2. The van der Waals surface area contributed by atoms with Crippen LogP contribution in [0.2, 0.25) is 0 Å². The van der Waals surface area contributed by atoms with Crippen LogP contribution in [-0.4, -0.2) is 77.6 Å². The molecule has 1 saturated heterocycles. The molecule has 0 spiro atoms. The topological polar surface area (TPSA) is 114 Å². The summed E-state index contributed by atoms with van der Waals surface area (Å²) in [6.45, 7) is 3.38. The third kappa shape index (κ3) is 4.10. The lowest BCUT2D eigenvalue weighted by atomic mass is 10.3. The van der Waals surface area contributed by atoms with Crippen molar-refractivity contribution in [1.82, 2.24) is 18.8 Å². The summed E-state index contributed by atoms with van der Waals surface area (Å²) in [6, 6.07) is 12.0. The number of hydrogen-bond acceptors (Lipinski definition) is 7. The van der Waals surface area contributed by atoms with Gasteiger partial charge in [0.25, 0.3) is 0 Å². The summed E-state index contributed by atoms with van der Waals surface area (Å²) in [7, 11) is -3.73. The zero-order chi connectivity index (χ0) is 23.9. The highest BCUT2D eigenvalue weighted by Crippen LogP contribution is 2.33. The van der Waals surface area contributed by atoms with Gasteiger partial charge in [-0.2, -0.15) is 4.31 Å². The standard InChI is InChI=1S/C23H26N4O6S/c1-16(28)23-24-18-4-2-3-5-19(18)27(23)15-22(29)25-8-10-26(11-9-25)34(30,31)17-6-7-20-21(14-17)33-13-12-32-20/h2-7,14,16,28H,8-13,15H2,1H3/t16-/m1/s1. The van der Waals surface area contributed by atoms with Crippen molar-refractivity contribution in [3.8, 4) is 11.5 Å². The third-order valence-corrected chi connectivity index (χ3v) is 7.99. The number of nitrogens with zero attached hydrogens (tertiary/aromatic N) is 4. The molecule has 34 heavy (non-hydrogen) atoms. The van der Waals surface area contributed by atoms with E-state index >= 15 is 0 Å². The highest BCUT2D eigenvalue weighted by molar-refractivity contribution is 7.89. The lowest BCUT2D eigenvalue weighted by molar-refractivity contribution is -0.133. The van der Waals surface area contributed by atoms with Crippen LogP contribution < -0.4 is 9.47 Å². The van der Waals surface area contributed by atoms with Gasteiger partial charge in [0.15, 0.2) is 11.5 Å². The van der Waals surface area contributed by atoms with Gasteiger partial charge in [-0.1, -0.05) is 12.1 Å². The zero-order valence-corrected chi connectivity index (χ0v) is 19.6. The van der Waals surface area contributed by atoms with Crippen LogP contribution in [0, 0.1) is 0 Å². The van der Waals surface area contributed by atoms with Gasteiger partial charge in [0.05, 0.1) is 15.9 Å². The minimum atomic E-state index is -3.73. The maximum atomic E-state index is 13.2. The molecule has 180 valence electrons. The Morgan fingerprint density at radius 1 is 1.06 bits per heavy atom. The quantitative estimate of drug-likeness (QED) is 0.580. The van der Waals surface area contributed by atoms with Gasteiger partial charge in [0.1, 0.15) is 31.7 Å². The lowest BCUT2D eigenvalue weighted by Crippen LogP contribution is -2.51. The molecule has 2 aromatic carbocycles. The number of carbonyl (C=O) groups excluding carboxylic acids is 1. The Morgan fingerprint density at radius 2 is 1.76 bits per heavy atom. The Morgan fingerprint density at radius 3 is 2.50 bits per heavy atom. The number of aliphatic hydroxyl groups excluding tert-OH is 1. The van der Waals surface area contributed by atoms with E-state index < -0.39 is 16.1 Å². The smallest absolute Gasteiger partial charge is 0.243 e. The van der Waals surface area contributed by atoms with Crippen molar-refractivity contribution >= 4 is 27.0 Å². The summed E-state index contributed by atoms with van der Waals surface area (Å²) in [6.07, 6.45) is -0.826. The second-order valence-electron chi connectivity index (χ2n) is 8.31. The molecule has 0 unspecified atom stereocenters. The molecule has 3 heterocycles. The number of carbonyl (C=O) groups is 1. The zero-order valence-electron chi connectivity index (χ0n) is 18.8.